The standard InChI is InChI=1S/C17H17N3O4S2/c18-7-8-19-17(22)15(20-16(21)14-6-9-25-10-14)12-26(23,24)11-13-4-2-1-3-5-13/h1-6,9-10,15H,8,11-12H2,(H,19,22)(H,20,21)/t15-/m0/s1. The second kappa shape index (κ2) is 9.12. The van der Waals surface area contributed by atoms with Crippen LogP contribution >= 0.6 is 11.3 Å². The molecule has 0 unspecified atom stereocenters. The van der Waals surface area contributed by atoms with E-state index >= 15 is 0 Å². The van der Waals surface area contributed by atoms with Crippen molar-refractivity contribution in [2.45, 2.75) is 11.8 Å². The van der Waals surface area contributed by atoms with Gasteiger partial charge in [0.1, 0.15) is 12.6 Å². The summed E-state index contributed by atoms with van der Waals surface area (Å²) in [5, 5.41) is 16.6. The smallest absolute Gasteiger partial charge is 0.252 e. The number of rotatable bonds is 8. The van der Waals surface area contributed by atoms with Crippen molar-refractivity contribution in [3.63, 3.8) is 0 Å². The summed E-state index contributed by atoms with van der Waals surface area (Å²) >= 11 is 1.31. The highest BCUT2D eigenvalue weighted by molar-refractivity contribution is 7.90. The van der Waals surface area contributed by atoms with Gasteiger partial charge < -0.3 is 10.6 Å². The summed E-state index contributed by atoms with van der Waals surface area (Å²) in [6.07, 6.45) is 0. The maximum atomic E-state index is 12.5. The van der Waals surface area contributed by atoms with Gasteiger partial charge in [0, 0.05) is 5.38 Å². The summed E-state index contributed by atoms with van der Waals surface area (Å²) in [5.74, 6) is -2.07. The molecule has 9 heteroatoms. The molecule has 0 saturated heterocycles. The van der Waals surface area contributed by atoms with Crippen molar-refractivity contribution in [1.82, 2.24) is 10.6 Å². The first-order valence-electron chi connectivity index (χ1n) is 7.63. The van der Waals surface area contributed by atoms with Crippen molar-refractivity contribution in [2.24, 2.45) is 0 Å². The molecule has 2 amide bonds. The first-order valence-corrected chi connectivity index (χ1v) is 10.4. The predicted molar refractivity (Wildman–Crippen MR) is 98.1 cm³/mol. The molecule has 0 fully saturated rings. The number of benzene rings is 1. The van der Waals surface area contributed by atoms with Gasteiger partial charge in [0.25, 0.3) is 5.91 Å². The third kappa shape index (κ3) is 5.98. The van der Waals surface area contributed by atoms with E-state index in [-0.39, 0.29) is 12.3 Å². The number of carbonyl (C=O) groups is 2. The molecule has 2 aromatic rings. The Balaban J connectivity index is 2.13. The number of sulfone groups is 1. The van der Waals surface area contributed by atoms with Crippen LogP contribution in [0.5, 0.6) is 0 Å². The summed E-state index contributed by atoms with van der Waals surface area (Å²) in [7, 11) is -3.67. The number of nitriles is 1. The van der Waals surface area contributed by atoms with E-state index in [9.17, 15) is 18.0 Å². The second-order valence-corrected chi connectivity index (χ2v) is 8.34. The van der Waals surface area contributed by atoms with Gasteiger partial charge in [-0.1, -0.05) is 30.3 Å². The summed E-state index contributed by atoms with van der Waals surface area (Å²) in [5.41, 5.74) is 0.932. The number of hydrogen-bond donors (Lipinski definition) is 2. The fraction of sp³-hybridized carbons (Fsp3) is 0.235. The number of nitrogens with one attached hydrogen (secondary N) is 2. The van der Waals surface area contributed by atoms with Crippen LogP contribution in [0.4, 0.5) is 0 Å². The van der Waals surface area contributed by atoms with Crippen LogP contribution < -0.4 is 10.6 Å². The van der Waals surface area contributed by atoms with Gasteiger partial charge in [-0.05, 0) is 17.0 Å². The SMILES string of the molecule is N#CCNC(=O)[C@H](CS(=O)(=O)Cc1ccccc1)NC(=O)c1ccsc1. The zero-order valence-electron chi connectivity index (χ0n) is 13.7. The van der Waals surface area contributed by atoms with Crippen molar-refractivity contribution in [1.29, 1.82) is 5.26 Å². The lowest BCUT2D eigenvalue weighted by Gasteiger charge is -2.17. The predicted octanol–water partition coefficient (Wildman–Crippen LogP) is 1.10. The van der Waals surface area contributed by atoms with Crippen LogP contribution in [-0.2, 0) is 20.4 Å². The highest BCUT2D eigenvalue weighted by atomic mass is 32.2. The topological polar surface area (TPSA) is 116 Å². The van der Waals surface area contributed by atoms with E-state index < -0.39 is 33.4 Å². The zero-order valence-corrected chi connectivity index (χ0v) is 15.3. The molecule has 1 aromatic carbocycles. The molecule has 0 aliphatic heterocycles. The van der Waals surface area contributed by atoms with Crippen LogP contribution in [0.2, 0.25) is 0 Å². The van der Waals surface area contributed by atoms with Crippen molar-refractivity contribution >= 4 is 33.0 Å². The lowest BCUT2D eigenvalue weighted by Crippen LogP contribution is -2.50. The Hall–Kier alpha value is -2.70. The molecule has 0 spiro atoms. The van der Waals surface area contributed by atoms with E-state index in [2.05, 4.69) is 10.6 Å². The van der Waals surface area contributed by atoms with Crippen LogP contribution in [0, 0.1) is 11.3 Å². The van der Waals surface area contributed by atoms with Gasteiger partial charge in [-0.25, -0.2) is 8.42 Å². The van der Waals surface area contributed by atoms with Gasteiger partial charge >= 0.3 is 0 Å². The summed E-state index contributed by atoms with van der Waals surface area (Å²) < 4.78 is 24.9. The van der Waals surface area contributed by atoms with Gasteiger partial charge in [-0.2, -0.15) is 16.6 Å². The van der Waals surface area contributed by atoms with E-state index in [4.69, 9.17) is 5.26 Å². The summed E-state index contributed by atoms with van der Waals surface area (Å²) in [6.45, 7) is -0.275. The normalized spacial score (nSPS) is 12.0. The average Bonchev–Trinajstić information content (AvgIpc) is 3.14. The van der Waals surface area contributed by atoms with E-state index in [0.29, 0.717) is 11.1 Å². The Morgan fingerprint density at radius 2 is 1.92 bits per heavy atom. The molecule has 0 saturated carbocycles. The maximum absolute atomic E-state index is 12.5. The Morgan fingerprint density at radius 3 is 2.54 bits per heavy atom. The van der Waals surface area contributed by atoms with Gasteiger partial charge in [0.05, 0.1) is 23.1 Å². The first-order chi connectivity index (χ1) is 12.4. The minimum atomic E-state index is -3.67. The molecule has 0 radical (unpaired) electrons. The van der Waals surface area contributed by atoms with Crippen LogP contribution in [0.15, 0.2) is 47.2 Å². The highest BCUT2D eigenvalue weighted by Crippen LogP contribution is 2.09. The second-order valence-electron chi connectivity index (χ2n) is 5.45. The molecule has 0 aliphatic carbocycles. The first kappa shape index (κ1) is 19.6. The minimum Gasteiger partial charge on any atom is -0.341 e. The number of carbonyl (C=O) groups excluding carboxylic acids is 2. The quantitative estimate of drug-likeness (QED) is 0.654. The van der Waals surface area contributed by atoms with Crippen LogP contribution in [0.3, 0.4) is 0 Å². The fourth-order valence-corrected chi connectivity index (χ4v) is 4.41. The number of thiophene rings is 1. The largest absolute Gasteiger partial charge is 0.341 e. The zero-order chi connectivity index (χ0) is 19.0. The Kier molecular flexibility index (Phi) is 6.89. The van der Waals surface area contributed by atoms with Crippen LogP contribution in [0.25, 0.3) is 0 Å². The number of hydrogen-bond acceptors (Lipinski definition) is 6. The molecular formula is C17H17N3O4S2. The molecule has 1 atom stereocenters. The molecule has 136 valence electrons. The van der Waals surface area contributed by atoms with Gasteiger partial charge in [-0.15, -0.1) is 0 Å². The third-order valence-electron chi connectivity index (χ3n) is 3.40. The van der Waals surface area contributed by atoms with Gasteiger partial charge in [0.15, 0.2) is 9.84 Å². The van der Waals surface area contributed by atoms with Gasteiger partial charge in [-0.3, -0.25) is 9.59 Å². The molecule has 0 aliphatic rings. The van der Waals surface area contributed by atoms with Gasteiger partial charge in [0.2, 0.25) is 5.91 Å². The van der Waals surface area contributed by atoms with Crippen LogP contribution in [-0.4, -0.2) is 38.6 Å². The molecule has 26 heavy (non-hydrogen) atoms. The Bertz CT molecular complexity index is 888. The van der Waals surface area contributed by atoms with Crippen molar-refractivity contribution in [2.75, 3.05) is 12.3 Å². The highest BCUT2D eigenvalue weighted by Gasteiger charge is 2.27. The van der Waals surface area contributed by atoms with E-state index in [0.717, 1.165) is 0 Å². The Labute approximate surface area is 155 Å². The molecule has 0 bridgehead atoms. The summed E-state index contributed by atoms with van der Waals surface area (Å²) in [6, 6.07) is 10.6. The van der Waals surface area contributed by atoms with E-state index in [1.54, 1.807) is 53.2 Å². The van der Waals surface area contributed by atoms with Crippen molar-refractivity contribution < 1.29 is 18.0 Å². The lowest BCUT2D eigenvalue weighted by molar-refractivity contribution is -0.122. The molecule has 1 aromatic heterocycles. The molecule has 7 nitrogen and oxygen atoms in total. The third-order valence-corrected chi connectivity index (χ3v) is 5.69. The van der Waals surface area contributed by atoms with Crippen molar-refractivity contribution in [3.8, 4) is 6.07 Å². The van der Waals surface area contributed by atoms with Crippen LogP contribution in [0.1, 0.15) is 15.9 Å². The molecule has 2 rings (SSSR count). The fourth-order valence-electron chi connectivity index (χ4n) is 2.21. The minimum absolute atomic E-state index is 0.246. The molecular weight excluding hydrogens is 374 g/mol. The summed E-state index contributed by atoms with van der Waals surface area (Å²) in [4.78, 5) is 24.4. The van der Waals surface area contributed by atoms with E-state index in [1.165, 1.54) is 11.3 Å². The maximum Gasteiger partial charge on any atom is 0.252 e. The number of amides is 2. The van der Waals surface area contributed by atoms with E-state index in [1.807, 2.05) is 0 Å². The molecule has 2 N–H and O–H groups in total. The lowest BCUT2D eigenvalue weighted by atomic mass is 10.2. The average molecular weight is 391 g/mol. The molecule has 1 heterocycles. The monoisotopic (exact) mass is 391 g/mol. The number of nitrogens with zero attached hydrogens (tertiary/aromatic N) is 1. The van der Waals surface area contributed by atoms with Crippen molar-refractivity contribution in [3.05, 3.63) is 58.3 Å². The Morgan fingerprint density at radius 1 is 1.19 bits per heavy atom.